The van der Waals surface area contributed by atoms with E-state index in [-0.39, 0.29) is 23.5 Å². The van der Waals surface area contributed by atoms with Crippen molar-refractivity contribution in [1.29, 1.82) is 0 Å². The molecule has 0 aliphatic carbocycles. The third-order valence-electron chi connectivity index (χ3n) is 4.35. The highest BCUT2D eigenvalue weighted by molar-refractivity contribution is 7.46. The van der Waals surface area contributed by atoms with E-state index in [0.29, 0.717) is 0 Å². The summed E-state index contributed by atoms with van der Waals surface area (Å²) in [7, 11) is -3.39. The fourth-order valence-corrected chi connectivity index (χ4v) is 3.39. The average Bonchev–Trinajstić information content (AvgIpc) is 3.14. The fourth-order valence-electron chi connectivity index (χ4n) is 3.05. The maximum Gasteiger partial charge on any atom is 0.469 e. The average molecular weight is 418 g/mol. The van der Waals surface area contributed by atoms with Crippen LogP contribution in [-0.2, 0) is 18.6 Å². The Morgan fingerprint density at radius 2 is 2.25 bits per heavy atom. The molecule has 28 heavy (non-hydrogen) atoms. The predicted octanol–water partition coefficient (Wildman–Crippen LogP) is -2.18. The molecule has 1 saturated heterocycles. The van der Waals surface area contributed by atoms with E-state index in [1.807, 2.05) is 0 Å². The van der Waals surface area contributed by atoms with E-state index in [1.54, 1.807) is 0 Å². The van der Waals surface area contributed by atoms with E-state index in [1.165, 1.54) is 17.9 Å². The van der Waals surface area contributed by atoms with Gasteiger partial charge < -0.3 is 30.7 Å². The standard InChI is InChI=1S/C13H19N6O8P/c1-15-7(20)2-5-6(3-26-28(23,24)25)27-12(9(5)21)19-4-16-8-10(19)17-13(14)18-11(8)22/h4-6,9,12,21H,2-3H2,1H3,(H,15,20)(H2,23,24,25)(H3,14,17,18,22)/t5-,6-,9-,12-/m1/s1. The van der Waals surface area contributed by atoms with Crippen molar-refractivity contribution in [3.63, 3.8) is 0 Å². The van der Waals surface area contributed by atoms with E-state index in [9.17, 15) is 19.3 Å². The van der Waals surface area contributed by atoms with Crippen molar-refractivity contribution in [3.05, 3.63) is 16.7 Å². The van der Waals surface area contributed by atoms with Gasteiger partial charge in [0.05, 0.1) is 19.0 Å². The molecule has 2 aromatic heterocycles. The smallest absolute Gasteiger partial charge is 0.388 e. The van der Waals surface area contributed by atoms with Gasteiger partial charge in [0.1, 0.15) is 6.10 Å². The van der Waals surface area contributed by atoms with Gasteiger partial charge in [0.25, 0.3) is 5.56 Å². The van der Waals surface area contributed by atoms with Crippen molar-refractivity contribution in [2.24, 2.45) is 5.92 Å². The van der Waals surface area contributed by atoms with Crippen LogP contribution in [-0.4, -0.2) is 66.2 Å². The summed E-state index contributed by atoms with van der Waals surface area (Å²) in [6.45, 7) is -0.567. The summed E-state index contributed by atoms with van der Waals surface area (Å²) >= 11 is 0. The molecule has 0 saturated carbocycles. The van der Waals surface area contributed by atoms with Crippen LogP contribution < -0.4 is 16.6 Å². The Morgan fingerprint density at radius 1 is 1.54 bits per heavy atom. The quantitative estimate of drug-likeness (QED) is 0.277. The third-order valence-corrected chi connectivity index (χ3v) is 4.84. The summed E-state index contributed by atoms with van der Waals surface area (Å²) in [6.07, 6.45) is -2.43. The molecule has 0 aromatic carbocycles. The highest BCUT2D eigenvalue weighted by Gasteiger charge is 2.46. The van der Waals surface area contributed by atoms with Crippen molar-refractivity contribution in [1.82, 2.24) is 24.8 Å². The summed E-state index contributed by atoms with van der Waals surface area (Å²) in [5, 5.41) is 13.1. The first-order valence-corrected chi connectivity index (χ1v) is 9.60. The number of nitrogens with two attached hydrogens (primary N) is 1. The van der Waals surface area contributed by atoms with Crippen molar-refractivity contribution >= 4 is 30.8 Å². The van der Waals surface area contributed by atoms with Gasteiger partial charge in [-0.25, -0.2) is 9.55 Å². The number of aliphatic hydroxyl groups is 1. The summed E-state index contributed by atoms with van der Waals surface area (Å²) < 4.78 is 22.4. The number of carbonyl (C=O) groups excluding carboxylic acids is 1. The summed E-state index contributed by atoms with van der Waals surface area (Å²) in [5.41, 5.74) is 4.97. The number of hydrogen-bond donors (Lipinski definition) is 6. The van der Waals surface area contributed by atoms with E-state index < -0.39 is 50.2 Å². The van der Waals surface area contributed by atoms with E-state index >= 15 is 0 Å². The second kappa shape index (κ2) is 7.58. The minimum Gasteiger partial charge on any atom is -0.388 e. The van der Waals surface area contributed by atoms with E-state index in [4.69, 9.17) is 20.3 Å². The van der Waals surface area contributed by atoms with Crippen LogP contribution in [0.1, 0.15) is 12.6 Å². The van der Waals surface area contributed by atoms with Gasteiger partial charge in [0, 0.05) is 19.4 Å². The molecule has 15 heteroatoms. The van der Waals surface area contributed by atoms with Gasteiger partial charge in [0.2, 0.25) is 11.9 Å². The minimum atomic E-state index is -4.79. The molecule has 1 aliphatic heterocycles. The van der Waals surface area contributed by atoms with Crippen molar-refractivity contribution in [3.8, 4) is 0 Å². The van der Waals surface area contributed by atoms with Crippen LogP contribution in [0.5, 0.6) is 0 Å². The molecule has 3 rings (SSSR count). The summed E-state index contributed by atoms with van der Waals surface area (Å²) in [4.78, 5) is 51.8. The number of amides is 1. The molecule has 1 aliphatic rings. The number of phosphoric ester groups is 1. The molecule has 7 N–H and O–H groups in total. The number of imidazole rings is 1. The Kier molecular flexibility index (Phi) is 5.52. The molecule has 4 atom stereocenters. The van der Waals surface area contributed by atoms with Gasteiger partial charge in [0.15, 0.2) is 17.4 Å². The summed E-state index contributed by atoms with van der Waals surface area (Å²) in [5.74, 6) is -1.44. The number of rotatable bonds is 6. The Labute approximate surface area is 156 Å². The van der Waals surface area contributed by atoms with E-state index in [2.05, 4.69) is 24.8 Å². The number of fused-ring (bicyclic) bond motifs is 1. The van der Waals surface area contributed by atoms with Gasteiger partial charge in [-0.15, -0.1) is 0 Å². The minimum absolute atomic E-state index is 0.0391. The Bertz CT molecular complexity index is 985. The van der Waals surface area contributed by atoms with Crippen LogP contribution in [0.15, 0.2) is 11.1 Å². The number of nitrogens with one attached hydrogen (secondary N) is 2. The number of ether oxygens (including phenoxy) is 1. The number of anilines is 1. The lowest BCUT2D eigenvalue weighted by Crippen LogP contribution is -2.33. The molecule has 0 bridgehead atoms. The number of nitrogens with zero attached hydrogens (tertiary/aromatic N) is 3. The molecule has 154 valence electrons. The first-order valence-electron chi connectivity index (χ1n) is 8.07. The first-order chi connectivity index (χ1) is 13.1. The Hall–Kier alpha value is -2.35. The number of nitrogen functional groups attached to an aromatic ring is 1. The van der Waals surface area contributed by atoms with Gasteiger partial charge in [-0.1, -0.05) is 0 Å². The molecule has 0 spiro atoms. The SMILES string of the molecule is CNC(=O)C[C@H]1[C@@H](O)[C@H](n2cnc3c(=O)[nH]c(N)nc32)O[C@@H]1COP(=O)(O)O. The topological polar surface area (TPSA) is 215 Å². The van der Waals surface area contributed by atoms with Gasteiger partial charge in [-0.3, -0.25) is 23.7 Å². The molecule has 3 heterocycles. The second-order valence-electron chi connectivity index (χ2n) is 6.16. The number of phosphoric acid groups is 1. The molecule has 2 aromatic rings. The van der Waals surface area contributed by atoms with Crippen LogP contribution in [0.2, 0.25) is 0 Å². The maximum atomic E-state index is 11.9. The van der Waals surface area contributed by atoms with Crippen molar-refractivity contribution in [2.45, 2.75) is 24.9 Å². The van der Waals surface area contributed by atoms with Crippen molar-refractivity contribution < 1.29 is 33.5 Å². The van der Waals surface area contributed by atoms with Crippen LogP contribution in [0.25, 0.3) is 11.2 Å². The molecule has 1 amide bonds. The number of aromatic nitrogens is 4. The normalized spacial score (nSPS) is 25.3. The van der Waals surface area contributed by atoms with Gasteiger partial charge in [-0.2, -0.15) is 4.98 Å². The highest BCUT2D eigenvalue weighted by atomic mass is 31.2. The maximum absolute atomic E-state index is 11.9. The van der Waals surface area contributed by atoms with Crippen LogP contribution >= 0.6 is 7.82 Å². The number of H-pyrrole nitrogens is 1. The number of hydrogen-bond acceptors (Lipinski definition) is 9. The zero-order valence-corrected chi connectivity index (χ0v) is 15.4. The monoisotopic (exact) mass is 418 g/mol. The molecule has 14 nitrogen and oxygen atoms in total. The number of aromatic amines is 1. The number of aliphatic hydroxyl groups excluding tert-OH is 1. The first kappa shape index (κ1) is 20.4. The zero-order valence-electron chi connectivity index (χ0n) is 14.6. The Morgan fingerprint density at radius 3 is 2.89 bits per heavy atom. The van der Waals surface area contributed by atoms with Gasteiger partial charge >= 0.3 is 7.82 Å². The lowest BCUT2D eigenvalue weighted by atomic mass is 9.94. The Balaban J connectivity index is 1.94. The van der Waals surface area contributed by atoms with Crippen LogP contribution in [0.3, 0.4) is 0 Å². The molecule has 1 fully saturated rings. The lowest BCUT2D eigenvalue weighted by Gasteiger charge is -2.19. The molecular formula is C13H19N6O8P. The highest BCUT2D eigenvalue weighted by Crippen LogP contribution is 2.41. The largest absolute Gasteiger partial charge is 0.469 e. The fraction of sp³-hybridized carbons (Fsp3) is 0.538. The molecule has 0 unspecified atom stereocenters. The second-order valence-corrected chi connectivity index (χ2v) is 7.40. The third kappa shape index (κ3) is 4.06. The molecular weight excluding hydrogens is 399 g/mol. The zero-order chi connectivity index (χ0) is 20.6. The predicted molar refractivity (Wildman–Crippen MR) is 92.6 cm³/mol. The summed E-state index contributed by atoms with van der Waals surface area (Å²) in [6, 6.07) is 0. The lowest BCUT2D eigenvalue weighted by molar-refractivity contribution is -0.122. The van der Waals surface area contributed by atoms with E-state index in [0.717, 1.165) is 0 Å². The van der Waals surface area contributed by atoms with Crippen LogP contribution in [0.4, 0.5) is 5.95 Å². The van der Waals surface area contributed by atoms with Crippen LogP contribution in [0, 0.1) is 5.92 Å². The molecule has 0 radical (unpaired) electrons. The van der Waals surface area contributed by atoms with Gasteiger partial charge in [-0.05, 0) is 0 Å². The number of carbonyl (C=O) groups is 1. The van der Waals surface area contributed by atoms with Crippen molar-refractivity contribution in [2.75, 3.05) is 19.4 Å².